The molecule has 188 valence electrons. The number of nitrogens with one attached hydrogen (secondary N) is 2. The zero-order chi connectivity index (χ0) is 25.2. The largest absolute Gasteiger partial charge is 0.481 e. The van der Waals surface area contributed by atoms with Crippen LogP contribution in [0, 0.1) is 5.92 Å². The van der Waals surface area contributed by atoms with Crippen molar-refractivity contribution in [2.45, 2.75) is 64.3 Å². The molecule has 0 fully saturated rings. The standard InChI is InChI=1S/C28H36N2O5/c1-3-8-20(17-27(32)33)30-26(31)14-13-19(2)15-16-29-28(34)35-18-25-23-11-6-4-9-21(23)22-10-5-7-12-24(22)25/h4-7,9-12,19-20,25H,3,8,13-18H2,1-2H3,(H,29,34)(H,30,31)(H,32,33). The molecule has 0 saturated carbocycles. The van der Waals surface area contributed by atoms with Gasteiger partial charge < -0.3 is 20.5 Å². The Hall–Kier alpha value is -3.35. The molecule has 0 heterocycles. The molecule has 0 saturated heterocycles. The van der Waals surface area contributed by atoms with Crippen LogP contribution in [0.4, 0.5) is 4.79 Å². The minimum atomic E-state index is -0.906. The molecule has 0 aromatic heterocycles. The van der Waals surface area contributed by atoms with Crippen LogP contribution in [-0.4, -0.2) is 42.3 Å². The zero-order valence-corrected chi connectivity index (χ0v) is 20.6. The van der Waals surface area contributed by atoms with Gasteiger partial charge in [0.25, 0.3) is 0 Å². The summed E-state index contributed by atoms with van der Waals surface area (Å²) in [6.45, 7) is 4.75. The van der Waals surface area contributed by atoms with E-state index in [0.717, 1.165) is 12.8 Å². The van der Waals surface area contributed by atoms with Crippen molar-refractivity contribution in [3.05, 3.63) is 59.7 Å². The van der Waals surface area contributed by atoms with Crippen LogP contribution >= 0.6 is 0 Å². The Kier molecular flexibility index (Phi) is 9.70. The summed E-state index contributed by atoms with van der Waals surface area (Å²) in [6.07, 6.45) is 2.71. The number of benzene rings is 2. The van der Waals surface area contributed by atoms with Gasteiger partial charge in [0.15, 0.2) is 0 Å². The molecule has 2 amide bonds. The van der Waals surface area contributed by atoms with Gasteiger partial charge in [0.05, 0.1) is 6.42 Å². The molecule has 3 N–H and O–H groups in total. The van der Waals surface area contributed by atoms with E-state index in [1.54, 1.807) is 0 Å². The van der Waals surface area contributed by atoms with Crippen molar-refractivity contribution in [2.24, 2.45) is 5.92 Å². The van der Waals surface area contributed by atoms with Gasteiger partial charge in [-0.1, -0.05) is 68.8 Å². The first kappa shape index (κ1) is 26.3. The number of carbonyl (C=O) groups excluding carboxylic acids is 2. The van der Waals surface area contributed by atoms with Crippen molar-refractivity contribution in [3.8, 4) is 11.1 Å². The monoisotopic (exact) mass is 480 g/mol. The summed E-state index contributed by atoms with van der Waals surface area (Å²) >= 11 is 0. The second-order valence-electron chi connectivity index (χ2n) is 9.34. The molecule has 3 rings (SSSR count). The van der Waals surface area contributed by atoms with Gasteiger partial charge in [-0.15, -0.1) is 0 Å². The Morgan fingerprint density at radius 2 is 1.60 bits per heavy atom. The van der Waals surface area contributed by atoms with Gasteiger partial charge >= 0.3 is 12.1 Å². The van der Waals surface area contributed by atoms with Crippen molar-refractivity contribution in [1.82, 2.24) is 10.6 Å². The number of rotatable bonds is 13. The van der Waals surface area contributed by atoms with E-state index >= 15 is 0 Å². The maximum absolute atomic E-state index is 12.3. The first-order chi connectivity index (χ1) is 16.9. The number of carboxylic acids is 1. The quantitative estimate of drug-likeness (QED) is 0.370. The van der Waals surface area contributed by atoms with Gasteiger partial charge in [-0.25, -0.2) is 4.79 Å². The minimum absolute atomic E-state index is 0.0308. The molecule has 0 aliphatic heterocycles. The van der Waals surface area contributed by atoms with E-state index in [-0.39, 0.29) is 36.8 Å². The van der Waals surface area contributed by atoms with Crippen LogP contribution in [0.5, 0.6) is 0 Å². The van der Waals surface area contributed by atoms with Gasteiger partial charge in [0, 0.05) is 24.9 Å². The van der Waals surface area contributed by atoms with E-state index in [9.17, 15) is 14.4 Å². The number of hydrogen-bond acceptors (Lipinski definition) is 4. The van der Waals surface area contributed by atoms with Gasteiger partial charge in [0.1, 0.15) is 6.61 Å². The van der Waals surface area contributed by atoms with Crippen molar-refractivity contribution in [2.75, 3.05) is 13.2 Å². The molecule has 0 spiro atoms. The molecule has 7 heteroatoms. The lowest BCUT2D eigenvalue weighted by atomic mass is 9.98. The van der Waals surface area contributed by atoms with E-state index in [2.05, 4.69) is 34.9 Å². The molecule has 0 bridgehead atoms. The van der Waals surface area contributed by atoms with Crippen LogP contribution in [0.3, 0.4) is 0 Å². The summed E-state index contributed by atoms with van der Waals surface area (Å²) in [5.41, 5.74) is 4.74. The third kappa shape index (κ3) is 7.57. The van der Waals surface area contributed by atoms with Crippen LogP contribution in [0.1, 0.15) is 69.4 Å². The van der Waals surface area contributed by atoms with Gasteiger partial charge in [-0.05, 0) is 47.4 Å². The number of fused-ring (bicyclic) bond motifs is 3. The fraction of sp³-hybridized carbons (Fsp3) is 0.464. The summed E-state index contributed by atoms with van der Waals surface area (Å²) in [5, 5.41) is 14.6. The molecule has 1 aliphatic carbocycles. The van der Waals surface area contributed by atoms with E-state index in [0.29, 0.717) is 25.8 Å². The predicted octanol–water partition coefficient (Wildman–Crippen LogP) is 5.09. The van der Waals surface area contributed by atoms with Crippen molar-refractivity contribution >= 4 is 18.0 Å². The first-order valence-electron chi connectivity index (χ1n) is 12.5. The van der Waals surface area contributed by atoms with Gasteiger partial charge in [-0.3, -0.25) is 9.59 Å². The van der Waals surface area contributed by atoms with E-state index in [1.165, 1.54) is 22.3 Å². The smallest absolute Gasteiger partial charge is 0.407 e. The number of carboxylic acid groups (broad SMARTS) is 1. The Balaban J connectivity index is 1.36. The Labute approximate surface area is 207 Å². The highest BCUT2D eigenvalue weighted by Crippen LogP contribution is 2.44. The number of aliphatic carboxylic acids is 1. The van der Waals surface area contributed by atoms with Crippen LogP contribution in [-0.2, 0) is 14.3 Å². The molecular formula is C28H36N2O5. The fourth-order valence-corrected chi connectivity index (χ4v) is 4.68. The molecule has 2 aromatic rings. The lowest BCUT2D eigenvalue weighted by Crippen LogP contribution is -2.36. The number of alkyl carbamates (subject to hydrolysis) is 1. The lowest BCUT2D eigenvalue weighted by Gasteiger charge is -2.17. The van der Waals surface area contributed by atoms with Crippen molar-refractivity contribution < 1.29 is 24.2 Å². The second-order valence-corrected chi connectivity index (χ2v) is 9.34. The van der Waals surface area contributed by atoms with Crippen LogP contribution in [0.15, 0.2) is 48.5 Å². The normalized spacial score (nSPS) is 13.9. The number of amides is 2. The number of hydrogen-bond donors (Lipinski definition) is 3. The van der Waals surface area contributed by atoms with E-state index < -0.39 is 12.1 Å². The summed E-state index contributed by atoms with van der Waals surface area (Å²) in [4.78, 5) is 35.4. The van der Waals surface area contributed by atoms with E-state index in [4.69, 9.17) is 9.84 Å². The Morgan fingerprint density at radius 1 is 0.971 bits per heavy atom. The third-order valence-corrected chi connectivity index (χ3v) is 6.54. The fourth-order valence-electron chi connectivity index (χ4n) is 4.68. The van der Waals surface area contributed by atoms with Crippen LogP contribution in [0.2, 0.25) is 0 Å². The van der Waals surface area contributed by atoms with E-state index in [1.807, 2.05) is 38.1 Å². The molecule has 2 atom stereocenters. The summed E-state index contributed by atoms with van der Waals surface area (Å²) in [5.74, 6) is -0.764. The maximum atomic E-state index is 12.3. The van der Waals surface area contributed by atoms with Crippen LogP contribution in [0.25, 0.3) is 11.1 Å². The first-order valence-corrected chi connectivity index (χ1v) is 12.5. The maximum Gasteiger partial charge on any atom is 0.407 e. The molecule has 7 nitrogen and oxygen atoms in total. The van der Waals surface area contributed by atoms with Crippen LogP contribution < -0.4 is 10.6 Å². The molecule has 2 aromatic carbocycles. The van der Waals surface area contributed by atoms with Gasteiger partial charge in [-0.2, -0.15) is 0 Å². The summed E-state index contributed by atoms with van der Waals surface area (Å²) in [7, 11) is 0. The Morgan fingerprint density at radius 3 is 2.20 bits per heavy atom. The molecule has 1 aliphatic rings. The highest BCUT2D eigenvalue weighted by atomic mass is 16.5. The number of ether oxygens (including phenoxy) is 1. The molecular weight excluding hydrogens is 444 g/mol. The average Bonchev–Trinajstić information content (AvgIpc) is 3.15. The zero-order valence-electron chi connectivity index (χ0n) is 20.6. The molecule has 0 radical (unpaired) electrons. The summed E-state index contributed by atoms with van der Waals surface area (Å²) < 4.78 is 5.56. The van der Waals surface area contributed by atoms with Crippen molar-refractivity contribution in [3.63, 3.8) is 0 Å². The Bertz CT molecular complexity index is 976. The molecule has 35 heavy (non-hydrogen) atoms. The third-order valence-electron chi connectivity index (χ3n) is 6.54. The van der Waals surface area contributed by atoms with Gasteiger partial charge in [0.2, 0.25) is 5.91 Å². The van der Waals surface area contributed by atoms with Crippen molar-refractivity contribution in [1.29, 1.82) is 0 Å². The summed E-state index contributed by atoms with van der Waals surface area (Å²) in [6, 6.07) is 16.1. The SMILES string of the molecule is CCCC(CC(=O)O)NC(=O)CCC(C)CCNC(=O)OCC1c2ccccc2-c2ccccc21. The second kappa shape index (κ2) is 12.9. The highest BCUT2D eigenvalue weighted by Gasteiger charge is 2.29. The predicted molar refractivity (Wildman–Crippen MR) is 135 cm³/mol. The lowest BCUT2D eigenvalue weighted by molar-refractivity contribution is -0.137. The topological polar surface area (TPSA) is 105 Å². The number of carbonyl (C=O) groups is 3. The minimum Gasteiger partial charge on any atom is -0.481 e. The molecule has 2 unspecified atom stereocenters. The highest BCUT2D eigenvalue weighted by molar-refractivity contribution is 5.79. The average molecular weight is 481 g/mol.